The number of ether oxygens (including phenoxy) is 1. The lowest BCUT2D eigenvalue weighted by Crippen LogP contribution is -2.19. The van der Waals surface area contributed by atoms with Crippen LogP contribution in [0.25, 0.3) is 20.8 Å². The summed E-state index contributed by atoms with van der Waals surface area (Å²) in [6, 6.07) is 16.1. The molecule has 2 aromatic heterocycles. The highest BCUT2D eigenvalue weighted by molar-refractivity contribution is 7.80. The van der Waals surface area contributed by atoms with E-state index < -0.39 is 0 Å². The monoisotopic (exact) mass is 467 g/mol. The van der Waals surface area contributed by atoms with Crippen LogP contribution in [0, 0.1) is 6.92 Å². The van der Waals surface area contributed by atoms with E-state index in [2.05, 4.69) is 35.8 Å². The molecule has 0 amide bonds. The van der Waals surface area contributed by atoms with E-state index >= 15 is 0 Å². The molecule has 0 saturated carbocycles. The molecule has 0 bridgehead atoms. The van der Waals surface area contributed by atoms with Gasteiger partial charge in [-0.15, -0.1) is 22.7 Å². The van der Waals surface area contributed by atoms with Gasteiger partial charge in [0.05, 0.1) is 22.9 Å². The van der Waals surface area contributed by atoms with Gasteiger partial charge in [-0.05, 0) is 73.6 Å². The summed E-state index contributed by atoms with van der Waals surface area (Å²) in [6.45, 7) is 4.13. The number of methoxy groups -OCH3 is 1. The molecule has 4 rings (SSSR count). The molecule has 0 atom stereocenters. The second-order valence-corrected chi connectivity index (χ2v) is 9.52. The summed E-state index contributed by atoms with van der Waals surface area (Å²) in [5.41, 5.74) is 4.65. The van der Waals surface area contributed by atoms with Gasteiger partial charge in [0.15, 0.2) is 5.11 Å². The number of hydrogen-bond acceptors (Lipinski definition) is 6. The lowest BCUT2D eigenvalue weighted by atomic mass is 10.2. The Kier molecular flexibility index (Phi) is 6.31. The molecule has 31 heavy (non-hydrogen) atoms. The van der Waals surface area contributed by atoms with Gasteiger partial charge in [-0.3, -0.25) is 0 Å². The number of aromatic nitrogens is 1. The van der Waals surface area contributed by atoms with E-state index in [1.54, 1.807) is 11.3 Å². The highest BCUT2D eigenvalue weighted by atomic mass is 32.1. The molecule has 0 saturated heterocycles. The molecule has 0 fully saturated rings. The Balaban J connectivity index is 1.47. The number of benzene rings is 2. The number of rotatable bonds is 5. The number of nitrogens with zero attached hydrogens (tertiary/aromatic N) is 1. The first-order chi connectivity index (χ1) is 15.0. The Morgan fingerprint density at radius 2 is 1.87 bits per heavy atom. The van der Waals surface area contributed by atoms with Crippen LogP contribution in [-0.2, 0) is 11.2 Å². The van der Waals surface area contributed by atoms with Gasteiger partial charge in [0, 0.05) is 16.1 Å². The maximum atomic E-state index is 12.0. The standard InChI is InChI=1S/C23H21N3O2S3/c1-4-16-12-17(22(27)28-3)21(30-16)26-23(29)24-15-8-6-14(7-9-15)20-25-18-10-5-13(2)11-19(18)31-20/h5-12H,4H2,1-3H3,(H2,24,26,29). The minimum absolute atomic E-state index is 0.378. The molecule has 0 aliphatic rings. The van der Waals surface area contributed by atoms with Crippen molar-refractivity contribution in [2.75, 3.05) is 17.7 Å². The van der Waals surface area contributed by atoms with E-state index in [-0.39, 0.29) is 5.97 Å². The minimum Gasteiger partial charge on any atom is -0.465 e. The van der Waals surface area contributed by atoms with Crippen LogP contribution in [0.1, 0.15) is 27.7 Å². The van der Waals surface area contributed by atoms with Crippen molar-refractivity contribution in [1.82, 2.24) is 4.98 Å². The van der Waals surface area contributed by atoms with Crippen molar-refractivity contribution in [1.29, 1.82) is 0 Å². The number of aryl methyl sites for hydroxylation is 2. The highest BCUT2D eigenvalue weighted by Crippen LogP contribution is 2.32. The van der Waals surface area contributed by atoms with Gasteiger partial charge in [0.25, 0.3) is 0 Å². The molecule has 0 unspecified atom stereocenters. The van der Waals surface area contributed by atoms with Gasteiger partial charge in [-0.2, -0.15) is 0 Å². The molecule has 0 radical (unpaired) electrons. The third-order valence-electron chi connectivity index (χ3n) is 4.70. The van der Waals surface area contributed by atoms with Crippen molar-refractivity contribution in [3.63, 3.8) is 0 Å². The fourth-order valence-corrected chi connectivity index (χ4v) is 5.43. The molecule has 0 aliphatic carbocycles. The third-order valence-corrected chi connectivity index (χ3v) is 7.16. The number of nitrogens with one attached hydrogen (secondary N) is 2. The highest BCUT2D eigenvalue weighted by Gasteiger charge is 2.17. The van der Waals surface area contributed by atoms with Gasteiger partial charge in [0.2, 0.25) is 0 Å². The van der Waals surface area contributed by atoms with Crippen LogP contribution in [0.5, 0.6) is 0 Å². The predicted octanol–water partition coefficient (Wildman–Crippen LogP) is 6.49. The molecular weight excluding hydrogens is 446 g/mol. The molecule has 2 N–H and O–H groups in total. The van der Waals surface area contributed by atoms with E-state index in [1.807, 2.05) is 37.3 Å². The summed E-state index contributed by atoms with van der Waals surface area (Å²) in [5, 5.41) is 8.38. The van der Waals surface area contributed by atoms with Crippen LogP contribution in [0.3, 0.4) is 0 Å². The maximum absolute atomic E-state index is 12.0. The van der Waals surface area contributed by atoms with Gasteiger partial charge >= 0.3 is 5.97 Å². The largest absolute Gasteiger partial charge is 0.465 e. The molecule has 158 valence electrons. The lowest BCUT2D eigenvalue weighted by Gasteiger charge is -2.10. The van der Waals surface area contributed by atoms with Crippen molar-refractivity contribution in [2.45, 2.75) is 20.3 Å². The second kappa shape index (κ2) is 9.13. The zero-order valence-electron chi connectivity index (χ0n) is 17.3. The summed E-state index contributed by atoms with van der Waals surface area (Å²) < 4.78 is 6.06. The summed E-state index contributed by atoms with van der Waals surface area (Å²) in [4.78, 5) is 17.9. The number of esters is 1. The average molecular weight is 468 g/mol. The normalized spacial score (nSPS) is 10.8. The Morgan fingerprint density at radius 1 is 1.10 bits per heavy atom. The first-order valence-corrected chi connectivity index (χ1v) is 11.8. The fraction of sp³-hybridized carbons (Fsp3) is 0.174. The smallest absolute Gasteiger partial charge is 0.340 e. The summed E-state index contributed by atoms with van der Waals surface area (Å²) in [6.07, 6.45) is 0.837. The number of thiazole rings is 1. The molecule has 5 nitrogen and oxygen atoms in total. The van der Waals surface area contributed by atoms with Crippen LogP contribution < -0.4 is 10.6 Å². The van der Waals surface area contributed by atoms with Crippen molar-refractivity contribution < 1.29 is 9.53 Å². The van der Waals surface area contributed by atoms with Crippen LogP contribution >= 0.6 is 34.9 Å². The number of carbonyl (C=O) groups excluding carboxylic acids is 1. The molecule has 8 heteroatoms. The van der Waals surface area contributed by atoms with Crippen molar-refractivity contribution in [3.8, 4) is 10.6 Å². The summed E-state index contributed by atoms with van der Waals surface area (Å²) >= 11 is 8.63. The number of fused-ring (bicyclic) bond motifs is 1. The molecule has 0 spiro atoms. The van der Waals surface area contributed by atoms with Crippen LogP contribution in [-0.4, -0.2) is 23.2 Å². The zero-order valence-corrected chi connectivity index (χ0v) is 19.8. The Hall–Kier alpha value is -2.81. The van der Waals surface area contributed by atoms with Gasteiger partial charge < -0.3 is 15.4 Å². The van der Waals surface area contributed by atoms with E-state index in [1.165, 1.54) is 28.7 Å². The Morgan fingerprint density at radius 3 is 2.58 bits per heavy atom. The van der Waals surface area contributed by atoms with Gasteiger partial charge in [-0.25, -0.2) is 9.78 Å². The first-order valence-electron chi connectivity index (χ1n) is 9.73. The molecule has 0 aliphatic heterocycles. The fourth-order valence-electron chi connectivity index (χ4n) is 3.09. The van der Waals surface area contributed by atoms with E-state index in [0.29, 0.717) is 15.7 Å². The second-order valence-electron chi connectivity index (χ2n) is 6.95. The van der Waals surface area contributed by atoms with E-state index in [0.717, 1.165) is 33.1 Å². The summed E-state index contributed by atoms with van der Waals surface area (Å²) in [5.74, 6) is -0.378. The van der Waals surface area contributed by atoms with Crippen LogP contribution in [0.2, 0.25) is 0 Å². The third kappa shape index (κ3) is 4.76. The molecule has 2 heterocycles. The topological polar surface area (TPSA) is 63.2 Å². The zero-order chi connectivity index (χ0) is 22.0. The Labute approximate surface area is 194 Å². The minimum atomic E-state index is -0.378. The van der Waals surface area contributed by atoms with Crippen molar-refractivity contribution >= 4 is 66.9 Å². The molecular formula is C23H21N3O2S3. The van der Waals surface area contributed by atoms with Crippen molar-refractivity contribution in [2.24, 2.45) is 0 Å². The Bertz CT molecular complexity index is 1260. The molecule has 2 aromatic carbocycles. The average Bonchev–Trinajstić information content (AvgIpc) is 3.37. The van der Waals surface area contributed by atoms with Gasteiger partial charge in [-0.1, -0.05) is 13.0 Å². The van der Waals surface area contributed by atoms with E-state index in [4.69, 9.17) is 21.9 Å². The van der Waals surface area contributed by atoms with Gasteiger partial charge in [0.1, 0.15) is 10.0 Å². The number of anilines is 2. The first kappa shape index (κ1) is 21.4. The lowest BCUT2D eigenvalue weighted by molar-refractivity contribution is 0.0602. The predicted molar refractivity (Wildman–Crippen MR) is 135 cm³/mol. The van der Waals surface area contributed by atoms with E-state index in [9.17, 15) is 4.79 Å². The van der Waals surface area contributed by atoms with Crippen LogP contribution in [0.15, 0.2) is 48.5 Å². The summed E-state index contributed by atoms with van der Waals surface area (Å²) in [7, 11) is 1.38. The molecule has 4 aromatic rings. The number of carbonyl (C=O) groups is 1. The number of thiophene rings is 1. The number of hydrogen-bond donors (Lipinski definition) is 2. The quantitative estimate of drug-likeness (QED) is 0.258. The SMILES string of the molecule is CCc1cc(C(=O)OC)c(NC(=S)Nc2ccc(-c3nc4ccc(C)cc4s3)cc2)s1. The maximum Gasteiger partial charge on any atom is 0.340 e. The van der Waals surface area contributed by atoms with Crippen LogP contribution in [0.4, 0.5) is 10.7 Å². The number of thiocarbonyl (C=S) groups is 1. The van der Waals surface area contributed by atoms with Crippen molar-refractivity contribution in [3.05, 3.63) is 64.5 Å².